The summed E-state index contributed by atoms with van der Waals surface area (Å²) < 4.78 is 4.99. The maximum atomic E-state index is 12.4. The number of ether oxygens (including phenoxy) is 1. The van der Waals surface area contributed by atoms with Crippen LogP contribution in [-0.4, -0.2) is 60.8 Å². The van der Waals surface area contributed by atoms with Crippen molar-refractivity contribution in [2.75, 3.05) is 32.8 Å². The summed E-state index contributed by atoms with van der Waals surface area (Å²) in [6.45, 7) is 8.92. The number of nitrogens with zero attached hydrogens (tertiary/aromatic N) is 2. The van der Waals surface area contributed by atoms with E-state index in [-0.39, 0.29) is 18.2 Å². The minimum Gasteiger partial charge on any atom is -0.450 e. The fourth-order valence-electron chi connectivity index (χ4n) is 3.44. The fraction of sp³-hybridized carbons (Fsp3) is 0.875. The van der Waals surface area contributed by atoms with Gasteiger partial charge in [0.05, 0.1) is 6.61 Å². The van der Waals surface area contributed by atoms with Gasteiger partial charge in [-0.2, -0.15) is 0 Å². The van der Waals surface area contributed by atoms with E-state index in [9.17, 15) is 9.59 Å². The van der Waals surface area contributed by atoms with Crippen molar-refractivity contribution in [2.45, 2.75) is 46.1 Å². The molecule has 2 aliphatic rings. The molecule has 6 nitrogen and oxygen atoms in total. The molecule has 0 aromatic heterocycles. The molecule has 6 heteroatoms. The number of nitrogens with one attached hydrogen (secondary N) is 1. The smallest absolute Gasteiger partial charge is 0.409 e. The van der Waals surface area contributed by atoms with Crippen LogP contribution in [-0.2, 0) is 4.74 Å². The van der Waals surface area contributed by atoms with Gasteiger partial charge in [0, 0.05) is 32.2 Å². The van der Waals surface area contributed by atoms with Crippen molar-refractivity contribution in [1.29, 1.82) is 0 Å². The molecule has 0 aromatic carbocycles. The van der Waals surface area contributed by atoms with Gasteiger partial charge in [-0.3, -0.25) is 0 Å². The number of rotatable bonds is 2. The summed E-state index contributed by atoms with van der Waals surface area (Å²) in [5.41, 5.74) is 0. The van der Waals surface area contributed by atoms with Crippen LogP contribution in [0, 0.1) is 11.8 Å². The number of amides is 3. The van der Waals surface area contributed by atoms with Crippen LogP contribution < -0.4 is 5.32 Å². The Bertz CT molecular complexity index is 394. The highest BCUT2D eigenvalue weighted by Gasteiger charge is 2.30. The van der Waals surface area contributed by atoms with Crippen molar-refractivity contribution >= 4 is 12.1 Å². The Hall–Kier alpha value is -1.46. The van der Waals surface area contributed by atoms with E-state index >= 15 is 0 Å². The van der Waals surface area contributed by atoms with E-state index in [4.69, 9.17) is 4.74 Å². The summed E-state index contributed by atoms with van der Waals surface area (Å²) >= 11 is 0. The second kappa shape index (κ2) is 7.70. The van der Waals surface area contributed by atoms with Crippen molar-refractivity contribution < 1.29 is 14.3 Å². The summed E-state index contributed by atoms with van der Waals surface area (Å²) in [5.74, 6) is 1.30. The summed E-state index contributed by atoms with van der Waals surface area (Å²) in [6.07, 6.45) is 3.15. The van der Waals surface area contributed by atoms with E-state index in [2.05, 4.69) is 19.2 Å². The molecule has 0 bridgehead atoms. The van der Waals surface area contributed by atoms with E-state index < -0.39 is 0 Å². The average Bonchev–Trinajstić information content (AvgIpc) is 2.50. The highest BCUT2D eigenvalue weighted by atomic mass is 16.6. The average molecular weight is 311 g/mol. The molecule has 3 amide bonds. The van der Waals surface area contributed by atoms with Crippen LogP contribution >= 0.6 is 0 Å². The van der Waals surface area contributed by atoms with Gasteiger partial charge in [0.25, 0.3) is 0 Å². The number of carbonyl (C=O) groups excluding carboxylic acids is 2. The Morgan fingerprint density at radius 2 is 1.73 bits per heavy atom. The van der Waals surface area contributed by atoms with E-state index in [0.29, 0.717) is 38.7 Å². The van der Waals surface area contributed by atoms with Crippen LogP contribution in [0.1, 0.15) is 40.0 Å². The third-order valence-corrected chi connectivity index (χ3v) is 4.83. The lowest BCUT2D eigenvalue weighted by Crippen LogP contribution is -2.55. The molecule has 22 heavy (non-hydrogen) atoms. The molecule has 1 heterocycles. The Morgan fingerprint density at radius 3 is 2.32 bits per heavy atom. The molecule has 0 spiro atoms. The Balaban J connectivity index is 1.76. The number of hydrogen-bond acceptors (Lipinski definition) is 3. The van der Waals surface area contributed by atoms with Crippen LogP contribution in [0.3, 0.4) is 0 Å². The zero-order valence-electron chi connectivity index (χ0n) is 14.0. The zero-order chi connectivity index (χ0) is 16.1. The van der Waals surface area contributed by atoms with Crippen LogP contribution in [0.15, 0.2) is 0 Å². The molecular formula is C16H29N3O3. The Morgan fingerprint density at radius 1 is 1.09 bits per heavy atom. The first kappa shape index (κ1) is 16.9. The minimum atomic E-state index is -0.280. The topological polar surface area (TPSA) is 61.9 Å². The number of carbonyl (C=O) groups is 2. The fourth-order valence-corrected chi connectivity index (χ4v) is 3.44. The van der Waals surface area contributed by atoms with E-state index in [1.165, 1.54) is 12.8 Å². The first-order chi connectivity index (χ1) is 10.5. The molecule has 1 aliphatic carbocycles. The monoisotopic (exact) mass is 311 g/mol. The first-order valence-corrected chi connectivity index (χ1v) is 8.48. The molecule has 3 atom stereocenters. The van der Waals surface area contributed by atoms with E-state index in [0.717, 1.165) is 12.3 Å². The van der Waals surface area contributed by atoms with Gasteiger partial charge in [-0.05, 0) is 38.0 Å². The van der Waals surface area contributed by atoms with Crippen molar-refractivity contribution in [2.24, 2.45) is 11.8 Å². The molecule has 0 radical (unpaired) electrons. The van der Waals surface area contributed by atoms with Crippen LogP contribution in [0.25, 0.3) is 0 Å². The lowest BCUT2D eigenvalue weighted by molar-refractivity contribution is 0.0838. The maximum absolute atomic E-state index is 12.4. The second-order valence-electron chi connectivity index (χ2n) is 6.62. The Labute approximate surface area is 133 Å². The summed E-state index contributed by atoms with van der Waals surface area (Å²) in [7, 11) is 0. The number of piperazine rings is 1. The van der Waals surface area contributed by atoms with E-state index in [1.807, 2.05) is 0 Å². The highest BCUT2D eigenvalue weighted by Crippen LogP contribution is 2.28. The molecule has 1 saturated carbocycles. The summed E-state index contributed by atoms with van der Waals surface area (Å²) in [5, 5.41) is 3.18. The molecule has 1 saturated heterocycles. The second-order valence-corrected chi connectivity index (χ2v) is 6.62. The normalized spacial score (nSPS) is 29.1. The number of urea groups is 1. The zero-order valence-corrected chi connectivity index (χ0v) is 14.0. The largest absolute Gasteiger partial charge is 0.450 e. The molecule has 2 fully saturated rings. The van der Waals surface area contributed by atoms with E-state index in [1.54, 1.807) is 16.7 Å². The lowest BCUT2D eigenvalue weighted by atomic mass is 9.80. The van der Waals surface area contributed by atoms with Gasteiger partial charge in [0.15, 0.2) is 0 Å². The van der Waals surface area contributed by atoms with Crippen LogP contribution in [0.2, 0.25) is 0 Å². The third kappa shape index (κ3) is 4.27. The highest BCUT2D eigenvalue weighted by molar-refractivity contribution is 5.75. The Kier molecular flexibility index (Phi) is 5.91. The molecule has 126 valence electrons. The predicted octanol–water partition coefficient (Wildman–Crippen LogP) is 2.29. The predicted molar refractivity (Wildman–Crippen MR) is 84.7 cm³/mol. The maximum Gasteiger partial charge on any atom is 0.409 e. The van der Waals surface area contributed by atoms with Crippen LogP contribution in [0.4, 0.5) is 9.59 Å². The molecular weight excluding hydrogens is 282 g/mol. The standard InChI is InChI=1S/C16H29N3O3/c1-4-22-16(21)19-9-7-18(8-10-19)15(20)17-14-6-5-12(2)11-13(14)3/h12-14H,4-11H2,1-3H3,(H,17,20)/t12-,13+,14-/m1/s1. The minimum absolute atomic E-state index is 0.00918. The third-order valence-electron chi connectivity index (χ3n) is 4.83. The molecule has 2 rings (SSSR count). The van der Waals surface area contributed by atoms with Gasteiger partial charge in [0.2, 0.25) is 0 Å². The summed E-state index contributed by atoms with van der Waals surface area (Å²) in [6, 6.07) is 0.293. The summed E-state index contributed by atoms with van der Waals surface area (Å²) in [4.78, 5) is 27.5. The van der Waals surface area contributed by atoms with Gasteiger partial charge < -0.3 is 19.9 Å². The molecule has 1 N–H and O–H groups in total. The van der Waals surface area contributed by atoms with Gasteiger partial charge >= 0.3 is 12.1 Å². The van der Waals surface area contributed by atoms with Crippen molar-refractivity contribution in [3.63, 3.8) is 0 Å². The SMILES string of the molecule is CCOC(=O)N1CCN(C(=O)N[C@@H]2CC[C@@H](C)C[C@@H]2C)CC1. The van der Waals surface area contributed by atoms with Crippen molar-refractivity contribution in [3.8, 4) is 0 Å². The lowest BCUT2D eigenvalue weighted by Gasteiger charge is -2.37. The van der Waals surface area contributed by atoms with Gasteiger partial charge in [-0.25, -0.2) is 9.59 Å². The van der Waals surface area contributed by atoms with Crippen molar-refractivity contribution in [3.05, 3.63) is 0 Å². The van der Waals surface area contributed by atoms with Crippen molar-refractivity contribution in [1.82, 2.24) is 15.1 Å². The van der Waals surface area contributed by atoms with Gasteiger partial charge in [-0.1, -0.05) is 13.8 Å². The van der Waals surface area contributed by atoms with Gasteiger partial charge in [0.1, 0.15) is 0 Å². The van der Waals surface area contributed by atoms with Crippen LogP contribution in [0.5, 0.6) is 0 Å². The van der Waals surface area contributed by atoms with Gasteiger partial charge in [-0.15, -0.1) is 0 Å². The molecule has 1 aliphatic heterocycles. The number of hydrogen-bond donors (Lipinski definition) is 1. The first-order valence-electron chi connectivity index (χ1n) is 8.48. The molecule has 0 aromatic rings. The molecule has 0 unspecified atom stereocenters. The quantitative estimate of drug-likeness (QED) is 0.851.